The lowest BCUT2D eigenvalue weighted by atomic mass is 9.99. The molecule has 1 aliphatic heterocycles. The number of carbonyl (C=O) groups excluding carboxylic acids is 1. The van der Waals surface area contributed by atoms with E-state index in [9.17, 15) is 30.3 Å². The summed E-state index contributed by atoms with van der Waals surface area (Å²) < 4.78 is 11.1. The highest BCUT2D eigenvalue weighted by atomic mass is 16.7. The number of hydrogen-bond donors (Lipinski definition) is 6. The first kappa shape index (κ1) is 42.9. The minimum atomic E-state index is -1.58. The molecule has 1 aliphatic rings. The fourth-order valence-corrected chi connectivity index (χ4v) is 5.06. The van der Waals surface area contributed by atoms with E-state index in [-0.39, 0.29) is 18.9 Å². The highest BCUT2D eigenvalue weighted by Crippen LogP contribution is 2.22. The number of carbonyl (C=O) groups is 1. The summed E-state index contributed by atoms with van der Waals surface area (Å²) in [5.41, 5.74) is 0. The molecule has 0 aromatic heterocycles. The van der Waals surface area contributed by atoms with Crippen LogP contribution in [0.25, 0.3) is 0 Å². The molecule has 0 aromatic carbocycles. The molecule has 9 nitrogen and oxygen atoms in total. The van der Waals surface area contributed by atoms with Crippen molar-refractivity contribution in [3.63, 3.8) is 0 Å². The molecule has 1 heterocycles. The Labute approximate surface area is 284 Å². The third-order valence-electron chi connectivity index (χ3n) is 8.04. The second kappa shape index (κ2) is 28.9. The predicted molar refractivity (Wildman–Crippen MR) is 189 cm³/mol. The first-order valence-electron chi connectivity index (χ1n) is 18.0. The van der Waals surface area contributed by atoms with E-state index in [1.54, 1.807) is 6.08 Å². The Morgan fingerprint density at radius 1 is 0.723 bits per heavy atom. The Bertz CT molecular complexity index is 915. The maximum atomic E-state index is 12.8. The van der Waals surface area contributed by atoms with Crippen LogP contribution in [0.3, 0.4) is 0 Å². The largest absolute Gasteiger partial charge is 0.394 e. The van der Waals surface area contributed by atoms with E-state index in [2.05, 4.69) is 55.6 Å². The number of amides is 1. The van der Waals surface area contributed by atoms with E-state index in [4.69, 9.17) is 9.47 Å². The molecule has 9 heteroatoms. The number of allylic oxidation sites excluding steroid dienone is 9. The van der Waals surface area contributed by atoms with Crippen LogP contribution in [-0.2, 0) is 14.3 Å². The Kier molecular flexibility index (Phi) is 26.4. The minimum Gasteiger partial charge on any atom is -0.394 e. The molecule has 7 atom stereocenters. The second-order valence-electron chi connectivity index (χ2n) is 12.3. The average molecular weight is 664 g/mol. The minimum absolute atomic E-state index is 0.226. The van der Waals surface area contributed by atoms with Crippen LogP contribution in [0.4, 0.5) is 0 Å². The van der Waals surface area contributed by atoms with E-state index in [1.165, 1.54) is 38.5 Å². The summed E-state index contributed by atoms with van der Waals surface area (Å²) >= 11 is 0. The third-order valence-corrected chi connectivity index (χ3v) is 8.04. The van der Waals surface area contributed by atoms with Crippen LogP contribution in [0.15, 0.2) is 60.8 Å². The SMILES string of the molecule is CCC/C=C/CC/C=C/CC/C=C/C(O)C(COC1OC(CO)C(O)C(O)C1O)NC(=O)CC/C=C\C/C=C\CCCCCCCC. The number of hydrogen-bond acceptors (Lipinski definition) is 8. The van der Waals surface area contributed by atoms with Crippen LogP contribution >= 0.6 is 0 Å². The van der Waals surface area contributed by atoms with Gasteiger partial charge in [0, 0.05) is 6.42 Å². The molecule has 7 unspecified atom stereocenters. The van der Waals surface area contributed by atoms with E-state index in [1.807, 2.05) is 18.2 Å². The number of aliphatic hydroxyl groups excluding tert-OH is 5. The summed E-state index contributed by atoms with van der Waals surface area (Å²) in [4.78, 5) is 12.8. The quantitative estimate of drug-likeness (QED) is 0.0484. The molecule has 0 radical (unpaired) electrons. The van der Waals surface area contributed by atoms with Gasteiger partial charge in [0.25, 0.3) is 0 Å². The van der Waals surface area contributed by atoms with Crippen molar-refractivity contribution >= 4 is 5.91 Å². The Hall–Kier alpha value is -2.11. The highest BCUT2D eigenvalue weighted by Gasteiger charge is 2.44. The van der Waals surface area contributed by atoms with Crippen molar-refractivity contribution in [3.05, 3.63) is 60.8 Å². The number of nitrogens with one attached hydrogen (secondary N) is 1. The summed E-state index contributed by atoms with van der Waals surface area (Å²) in [6.45, 7) is 3.58. The molecule has 0 bridgehead atoms. The standard InChI is InChI=1S/C38H65NO8/c1-3-5-7-9-11-13-15-16-18-20-22-24-26-28-34(42)39-31(30-46-38-37(45)36(44)35(43)33(29-40)47-38)32(41)27-25-23-21-19-17-14-12-10-8-6-4-2/h8,10,16-19,22,24-25,27,31-33,35-38,40-41,43-45H,3-7,9,11-15,20-21,23,26,28-30H2,1-2H3,(H,39,42)/b10-8+,18-16-,19-17+,24-22-,27-25+. The van der Waals surface area contributed by atoms with Crippen LogP contribution in [0.5, 0.6) is 0 Å². The normalized spacial score (nSPS) is 23.6. The van der Waals surface area contributed by atoms with Crippen LogP contribution in [-0.4, -0.2) is 87.5 Å². The smallest absolute Gasteiger partial charge is 0.220 e. The van der Waals surface area contributed by atoms with E-state index in [0.29, 0.717) is 12.8 Å². The molecule has 1 rings (SSSR count). The van der Waals surface area contributed by atoms with Gasteiger partial charge in [-0.3, -0.25) is 4.79 Å². The summed E-state index contributed by atoms with van der Waals surface area (Å²) in [6, 6.07) is -0.856. The van der Waals surface area contributed by atoms with Gasteiger partial charge < -0.3 is 40.3 Å². The van der Waals surface area contributed by atoms with Gasteiger partial charge in [0.1, 0.15) is 24.4 Å². The van der Waals surface area contributed by atoms with Crippen molar-refractivity contribution in [2.75, 3.05) is 13.2 Å². The van der Waals surface area contributed by atoms with Crippen molar-refractivity contribution in [3.8, 4) is 0 Å². The first-order chi connectivity index (χ1) is 22.8. The van der Waals surface area contributed by atoms with Crippen LogP contribution in [0.1, 0.15) is 117 Å². The molecule has 0 saturated carbocycles. The topological polar surface area (TPSA) is 149 Å². The highest BCUT2D eigenvalue weighted by molar-refractivity contribution is 5.76. The third kappa shape index (κ3) is 20.8. The zero-order valence-corrected chi connectivity index (χ0v) is 29.0. The van der Waals surface area contributed by atoms with E-state index < -0.39 is 49.5 Å². The zero-order chi connectivity index (χ0) is 34.5. The van der Waals surface area contributed by atoms with Crippen LogP contribution < -0.4 is 5.32 Å². The molecule has 0 aromatic rings. The first-order valence-corrected chi connectivity index (χ1v) is 18.0. The van der Waals surface area contributed by atoms with Gasteiger partial charge in [-0.2, -0.15) is 0 Å². The number of unbranched alkanes of at least 4 members (excludes halogenated alkanes) is 9. The molecule has 47 heavy (non-hydrogen) atoms. The number of aliphatic hydroxyl groups is 5. The molecule has 1 amide bonds. The van der Waals surface area contributed by atoms with Gasteiger partial charge >= 0.3 is 0 Å². The molecule has 0 aliphatic carbocycles. The molecule has 1 fully saturated rings. The predicted octanol–water partition coefficient (Wildman–Crippen LogP) is 5.71. The monoisotopic (exact) mass is 663 g/mol. The molecular weight excluding hydrogens is 598 g/mol. The van der Waals surface area contributed by atoms with Gasteiger partial charge in [0.05, 0.1) is 25.4 Å². The zero-order valence-electron chi connectivity index (χ0n) is 29.0. The lowest BCUT2D eigenvalue weighted by Crippen LogP contribution is -2.60. The van der Waals surface area contributed by atoms with Gasteiger partial charge in [-0.1, -0.05) is 113 Å². The second-order valence-corrected chi connectivity index (χ2v) is 12.3. The van der Waals surface area contributed by atoms with E-state index in [0.717, 1.165) is 44.9 Å². The fourth-order valence-electron chi connectivity index (χ4n) is 5.06. The Morgan fingerprint density at radius 2 is 1.32 bits per heavy atom. The van der Waals surface area contributed by atoms with Crippen molar-refractivity contribution in [1.82, 2.24) is 5.32 Å². The Morgan fingerprint density at radius 3 is 1.98 bits per heavy atom. The van der Waals surface area contributed by atoms with Crippen LogP contribution in [0, 0.1) is 0 Å². The average Bonchev–Trinajstić information content (AvgIpc) is 3.07. The van der Waals surface area contributed by atoms with Gasteiger partial charge in [0.2, 0.25) is 5.91 Å². The van der Waals surface area contributed by atoms with Crippen molar-refractivity contribution in [2.24, 2.45) is 0 Å². The van der Waals surface area contributed by atoms with Gasteiger partial charge in [-0.05, 0) is 57.8 Å². The lowest BCUT2D eigenvalue weighted by Gasteiger charge is -2.40. The molecular formula is C38H65NO8. The summed E-state index contributed by atoms with van der Waals surface area (Å²) in [7, 11) is 0. The summed E-state index contributed by atoms with van der Waals surface area (Å²) in [5, 5.41) is 53.6. The lowest BCUT2D eigenvalue weighted by molar-refractivity contribution is -0.302. The molecule has 1 saturated heterocycles. The molecule has 6 N–H and O–H groups in total. The maximum Gasteiger partial charge on any atom is 0.220 e. The maximum absolute atomic E-state index is 12.8. The number of rotatable bonds is 27. The number of ether oxygens (including phenoxy) is 2. The summed E-state index contributed by atoms with van der Waals surface area (Å²) in [6.07, 6.45) is 28.5. The van der Waals surface area contributed by atoms with Crippen molar-refractivity contribution in [1.29, 1.82) is 0 Å². The van der Waals surface area contributed by atoms with E-state index >= 15 is 0 Å². The fraction of sp³-hybridized carbons (Fsp3) is 0.711. The van der Waals surface area contributed by atoms with Gasteiger partial charge in [-0.25, -0.2) is 0 Å². The summed E-state index contributed by atoms with van der Waals surface area (Å²) in [5.74, 6) is -0.265. The Balaban J connectivity index is 2.58. The van der Waals surface area contributed by atoms with Crippen molar-refractivity contribution < 1.29 is 39.8 Å². The molecule has 270 valence electrons. The van der Waals surface area contributed by atoms with Crippen molar-refractivity contribution in [2.45, 2.75) is 159 Å². The van der Waals surface area contributed by atoms with Gasteiger partial charge in [0.15, 0.2) is 6.29 Å². The van der Waals surface area contributed by atoms with Gasteiger partial charge in [-0.15, -0.1) is 0 Å². The van der Waals surface area contributed by atoms with Crippen LogP contribution in [0.2, 0.25) is 0 Å². The molecule has 0 spiro atoms.